The summed E-state index contributed by atoms with van der Waals surface area (Å²) in [4.78, 5) is 11.1. The number of carbonyl (C=O) groups is 1. The van der Waals surface area contributed by atoms with Gasteiger partial charge < -0.3 is 14.6 Å². The molecule has 1 aliphatic heterocycles. The Hall–Kier alpha value is -1.71. The van der Waals surface area contributed by atoms with Crippen LogP contribution in [0.15, 0.2) is 18.2 Å². The topological polar surface area (TPSA) is 55.8 Å². The number of rotatable bonds is 4. The monoisotopic (exact) mass is 302 g/mol. The summed E-state index contributed by atoms with van der Waals surface area (Å²) in [6.07, 6.45) is 7.89. The van der Waals surface area contributed by atoms with Gasteiger partial charge in [0.15, 0.2) is 11.5 Å². The molecule has 0 saturated heterocycles. The standard InChI is InChI=1S/C18H22O4/c19-17(20)11-14(12-4-5-12)13-6-7-15-16(10-13)22-18(21-15)8-2-1-3-9-18/h6-7,10,12,14H,1-5,8-9,11H2,(H,19,20). The first-order valence-corrected chi connectivity index (χ1v) is 8.39. The molecule has 0 amide bonds. The number of fused-ring (bicyclic) bond motifs is 1. The summed E-state index contributed by atoms with van der Waals surface area (Å²) in [5.41, 5.74) is 1.08. The summed E-state index contributed by atoms with van der Waals surface area (Å²) < 4.78 is 12.3. The Morgan fingerprint density at radius 3 is 2.59 bits per heavy atom. The molecule has 4 rings (SSSR count). The minimum atomic E-state index is -0.724. The minimum absolute atomic E-state index is 0.106. The molecule has 22 heavy (non-hydrogen) atoms. The average molecular weight is 302 g/mol. The molecule has 0 aromatic heterocycles. The van der Waals surface area contributed by atoms with Crippen molar-refractivity contribution >= 4 is 5.97 Å². The van der Waals surface area contributed by atoms with Crippen molar-refractivity contribution in [3.05, 3.63) is 23.8 Å². The first kappa shape index (κ1) is 13.9. The zero-order valence-corrected chi connectivity index (χ0v) is 12.7. The van der Waals surface area contributed by atoms with Crippen LogP contribution in [0.2, 0.25) is 0 Å². The van der Waals surface area contributed by atoms with Crippen LogP contribution >= 0.6 is 0 Å². The first-order chi connectivity index (χ1) is 10.7. The van der Waals surface area contributed by atoms with Crippen molar-refractivity contribution in [1.82, 2.24) is 0 Å². The van der Waals surface area contributed by atoms with Crippen LogP contribution in [-0.2, 0) is 4.79 Å². The molecule has 2 aliphatic carbocycles. The third-order valence-electron chi connectivity index (χ3n) is 5.19. The molecule has 3 aliphatic rings. The molecule has 4 nitrogen and oxygen atoms in total. The lowest BCUT2D eigenvalue weighted by Gasteiger charge is -2.31. The normalized spacial score (nSPS) is 23.5. The summed E-state index contributed by atoms with van der Waals surface area (Å²) in [5, 5.41) is 9.16. The fourth-order valence-electron chi connectivity index (χ4n) is 3.88. The molecule has 118 valence electrons. The first-order valence-electron chi connectivity index (χ1n) is 8.39. The van der Waals surface area contributed by atoms with E-state index in [4.69, 9.17) is 14.6 Å². The predicted octanol–water partition coefficient (Wildman–Crippen LogP) is 4.09. The van der Waals surface area contributed by atoms with E-state index in [1.807, 2.05) is 18.2 Å². The highest BCUT2D eigenvalue weighted by atomic mass is 16.7. The molecule has 2 fully saturated rings. The van der Waals surface area contributed by atoms with Crippen LogP contribution in [0.3, 0.4) is 0 Å². The summed E-state index contributed by atoms with van der Waals surface area (Å²) in [6, 6.07) is 6.01. The van der Waals surface area contributed by atoms with Crippen LogP contribution in [0.5, 0.6) is 11.5 Å². The van der Waals surface area contributed by atoms with E-state index in [1.165, 1.54) is 6.42 Å². The molecule has 1 aromatic carbocycles. The number of benzene rings is 1. The molecule has 4 heteroatoms. The molecular formula is C18H22O4. The number of hydrogen-bond acceptors (Lipinski definition) is 3. The maximum absolute atomic E-state index is 11.1. The zero-order chi connectivity index (χ0) is 15.2. The number of carboxylic acids is 1. The van der Waals surface area contributed by atoms with Gasteiger partial charge in [-0.15, -0.1) is 0 Å². The van der Waals surface area contributed by atoms with Crippen molar-refractivity contribution in [2.24, 2.45) is 5.92 Å². The number of carboxylic acid groups (broad SMARTS) is 1. The summed E-state index contributed by atoms with van der Waals surface area (Å²) in [7, 11) is 0. The summed E-state index contributed by atoms with van der Waals surface area (Å²) in [5.74, 6) is 1.06. The van der Waals surface area contributed by atoms with Crippen molar-refractivity contribution in [1.29, 1.82) is 0 Å². The van der Waals surface area contributed by atoms with Gasteiger partial charge in [0.1, 0.15) is 0 Å². The van der Waals surface area contributed by atoms with Gasteiger partial charge in [-0.25, -0.2) is 0 Å². The SMILES string of the molecule is O=C(O)CC(c1ccc2c(c1)OC1(CCCCC1)O2)C1CC1. The van der Waals surface area contributed by atoms with Gasteiger partial charge >= 0.3 is 5.97 Å². The van der Waals surface area contributed by atoms with Crippen LogP contribution in [0.25, 0.3) is 0 Å². The van der Waals surface area contributed by atoms with E-state index in [1.54, 1.807) is 0 Å². The molecular weight excluding hydrogens is 280 g/mol. The van der Waals surface area contributed by atoms with Gasteiger partial charge in [0, 0.05) is 12.8 Å². The van der Waals surface area contributed by atoms with E-state index < -0.39 is 11.8 Å². The lowest BCUT2D eigenvalue weighted by atomic mass is 9.91. The fraction of sp³-hybridized carbons (Fsp3) is 0.611. The lowest BCUT2D eigenvalue weighted by Crippen LogP contribution is -2.40. The largest absolute Gasteiger partial charge is 0.481 e. The van der Waals surface area contributed by atoms with Gasteiger partial charge in [-0.1, -0.05) is 12.5 Å². The second-order valence-corrected chi connectivity index (χ2v) is 6.92. The number of ether oxygens (including phenoxy) is 2. The third kappa shape index (κ3) is 2.55. The Morgan fingerprint density at radius 1 is 1.18 bits per heavy atom. The van der Waals surface area contributed by atoms with Crippen LogP contribution in [0.4, 0.5) is 0 Å². The quantitative estimate of drug-likeness (QED) is 0.910. The van der Waals surface area contributed by atoms with Crippen molar-refractivity contribution in [2.75, 3.05) is 0 Å². The molecule has 1 N–H and O–H groups in total. The molecule has 0 bridgehead atoms. The summed E-state index contributed by atoms with van der Waals surface area (Å²) in [6.45, 7) is 0. The Balaban J connectivity index is 1.58. The third-order valence-corrected chi connectivity index (χ3v) is 5.19. The van der Waals surface area contributed by atoms with Crippen LogP contribution in [-0.4, -0.2) is 16.9 Å². The smallest absolute Gasteiger partial charge is 0.303 e. The van der Waals surface area contributed by atoms with Gasteiger partial charge in [0.25, 0.3) is 5.79 Å². The van der Waals surface area contributed by atoms with Crippen molar-refractivity contribution in [3.63, 3.8) is 0 Å². The molecule has 1 atom stereocenters. The Morgan fingerprint density at radius 2 is 1.91 bits per heavy atom. The highest BCUT2D eigenvalue weighted by molar-refractivity contribution is 5.68. The van der Waals surface area contributed by atoms with E-state index in [0.717, 1.165) is 55.6 Å². The Kier molecular flexibility index (Phi) is 3.28. The molecule has 2 saturated carbocycles. The maximum Gasteiger partial charge on any atom is 0.303 e. The van der Waals surface area contributed by atoms with Gasteiger partial charge in [-0.2, -0.15) is 0 Å². The van der Waals surface area contributed by atoms with Crippen molar-refractivity contribution in [3.8, 4) is 11.5 Å². The van der Waals surface area contributed by atoms with E-state index >= 15 is 0 Å². The molecule has 1 aromatic rings. The summed E-state index contributed by atoms with van der Waals surface area (Å²) >= 11 is 0. The Bertz CT molecular complexity index is 585. The zero-order valence-electron chi connectivity index (χ0n) is 12.7. The molecule has 1 unspecified atom stereocenters. The van der Waals surface area contributed by atoms with Gasteiger partial charge in [-0.05, 0) is 55.2 Å². The second kappa shape index (κ2) is 5.18. The molecule has 1 spiro atoms. The minimum Gasteiger partial charge on any atom is -0.481 e. The average Bonchev–Trinajstić information content (AvgIpc) is 3.27. The lowest BCUT2D eigenvalue weighted by molar-refractivity contribution is -0.137. The van der Waals surface area contributed by atoms with Crippen LogP contribution in [0, 0.1) is 5.92 Å². The van der Waals surface area contributed by atoms with Gasteiger partial charge in [0.2, 0.25) is 0 Å². The van der Waals surface area contributed by atoms with E-state index in [9.17, 15) is 4.79 Å². The van der Waals surface area contributed by atoms with E-state index in [0.29, 0.717) is 5.92 Å². The van der Waals surface area contributed by atoms with Gasteiger partial charge in [-0.3, -0.25) is 4.79 Å². The fourth-order valence-corrected chi connectivity index (χ4v) is 3.88. The van der Waals surface area contributed by atoms with E-state index in [-0.39, 0.29) is 12.3 Å². The number of aliphatic carboxylic acids is 1. The van der Waals surface area contributed by atoms with E-state index in [2.05, 4.69) is 0 Å². The highest BCUT2D eigenvalue weighted by Crippen LogP contribution is 2.49. The Labute approximate surface area is 130 Å². The molecule has 0 radical (unpaired) electrons. The van der Waals surface area contributed by atoms with Crippen molar-refractivity contribution < 1.29 is 19.4 Å². The number of hydrogen-bond donors (Lipinski definition) is 1. The predicted molar refractivity (Wildman–Crippen MR) is 81.2 cm³/mol. The van der Waals surface area contributed by atoms with Crippen molar-refractivity contribution in [2.45, 2.75) is 63.1 Å². The maximum atomic E-state index is 11.1. The highest BCUT2D eigenvalue weighted by Gasteiger charge is 2.43. The van der Waals surface area contributed by atoms with Crippen LogP contribution < -0.4 is 9.47 Å². The second-order valence-electron chi connectivity index (χ2n) is 6.92. The van der Waals surface area contributed by atoms with Crippen LogP contribution in [0.1, 0.15) is 62.8 Å². The van der Waals surface area contributed by atoms with Gasteiger partial charge in [0.05, 0.1) is 6.42 Å². The molecule has 1 heterocycles.